The van der Waals surface area contributed by atoms with Crippen LogP contribution in [0.5, 0.6) is 0 Å². The number of ether oxygens (including phenoxy) is 1. The van der Waals surface area contributed by atoms with Crippen LogP contribution in [-0.4, -0.2) is 50.8 Å². The molecular weight excluding hydrogens is 350 g/mol. The number of hydrogen-bond donors (Lipinski definition) is 1. The van der Waals surface area contributed by atoms with E-state index in [1.54, 1.807) is 0 Å². The molecule has 0 radical (unpaired) electrons. The minimum atomic E-state index is -0.589. The smallest absolute Gasteiger partial charge is 0.373 e. The molecule has 9 heteroatoms. The summed E-state index contributed by atoms with van der Waals surface area (Å²) in [4.78, 5) is 24.7. The lowest BCUT2D eigenvalue weighted by Crippen LogP contribution is -2.44. The Bertz CT molecular complexity index is 812. The predicted octanol–water partition coefficient (Wildman–Crippen LogP) is 2.04. The van der Waals surface area contributed by atoms with Gasteiger partial charge in [0.05, 0.1) is 29.6 Å². The van der Waals surface area contributed by atoms with Crippen LogP contribution < -0.4 is 5.32 Å². The third kappa shape index (κ3) is 5.11. The van der Waals surface area contributed by atoms with E-state index in [-0.39, 0.29) is 30.5 Å². The van der Waals surface area contributed by atoms with E-state index in [1.807, 2.05) is 24.3 Å². The highest BCUT2D eigenvalue weighted by Crippen LogP contribution is 2.20. The van der Waals surface area contributed by atoms with Gasteiger partial charge in [0.1, 0.15) is 6.54 Å². The average Bonchev–Trinajstić information content (AvgIpc) is 3.04. The van der Waals surface area contributed by atoms with Crippen LogP contribution in [0.15, 0.2) is 36.5 Å². The molecule has 2 heterocycles. The second kappa shape index (κ2) is 8.28. The first kappa shape index (κ1) is 19.0. The lowest BCUT2D eigenvalue weighted by molar-refractivity contribution is -0.389. The van der Waals surface area contributed by atoms with Gasteiger partial charge in [-0.15, -0.1) is 0 Å². The summed E-state index contributed by atoms with van der Waals surface area (Å²) >= 11 is 0. The first-order valence-corrected chi connectivity index (χ1v) is 8.84. The maximum Gasteiger partial charge on any atom is 0.389 e. The maximum atomic E-state index is 12.3. The van der Waals surface area contributed by atoms with Gasteiger partial charge in [-0.1, -0.05) is 18.2 Å². The van der Waals surface area contributed by atoms with Gasteiger partial charge < -0.3 is 20.2 Å². The number of hydrogen-bond acceptors (Lipinski definition) is 6. The van der Waals surface area contributed by atoms with E-state index < -0.39 is 4.92 Å². The highest BCUT2D eigenvalue weighted by molar-refractivity contribution is 5.91. The zero-order chi connectivity index (χ0) is 19.4. The number of anilines is 1. The van der Waals surface area contributed by atoms with Crippen LogP contribution in [-0.2, 0) is 22.6 Å². The van der Waals surface area contributed by atoms with Crippen molar-refractivity contribution >= 4 is 17.4 Å². The van der Waals surface area contributed by atoms with Crippen molar-refractivity contribution in [2.45, 2.75) is 39.1 Å². The number of nitro groups is 1. The number of rotatable bonds is 6. The molecule has 144 valence electrons. The Morgan fingerprint density at radius 1 is 1.30 bits per heavy atom. The van der Waals surface area contributed by atoms with Crippen LogP contribution in [0.2, 0.25) is 0 Å². The number of carbonyl (C=O) groups is 1. The zero-order valence-electron chi connectivity index (χ0n) is 15.4. The van der Waals surface area contributed by atoms with Crippen LogP contribution in [0.3, 0.4) is 0 Å². The third-order valence-electron chi connectivity index (χ3n) is 4.30. The quantitative estimate of drug-likeness (QED) is 0.614. The van der Waals surface area contributed by atoms with Crippen molar-refractivity contribution in [1.29, 1.82) is 0 Å². The van der Waals surface area contributed by atoms with Crippen molar-refractivity contribution < 1.29 is 14.5 Å². The summed E-state index contributed by atoms with van der Waals surface area (Å²) in [5.41, 5.74) is 1.74. The van der Waals surface area contributed by atoms with Gasteiger partial charge >= 0.3 is 5.82 Å². The first-order chi connectivity index (χ1) is 12.9. The van der Waals surface area contributed by atoms with Crippen LogP contribution in [0, 0.1) is 10.1 Å². The van der Waals surface area contributed by atoms with Gasteiger partial charge in [0.15, 0.2) is 0 Å². The van der Waals surface area contributed by atoms with Gasteiger partial charge in [0, 0.05) is 25.3 Å². The molecule has 1 amide bonds. The highest BCUT2D eigenvalue weighted by atomic mass is 16.6. The number of amides is 1. The summed E-state index contributed by atoms with van der Waals surface area (Å²) in [7, 11) is 0. The summed E-state index contributed by atoms with van der Waals surface area (Å²) in [6, 6.07) is 8.91. The van der Waals surface area contributed by atoms with Crippen molar-refractivity contribution in [3.63, 3.8) is 0 Å². The van der Waals surface area contributed by atoms with E-state index in [9.17, 15) is 14.9 Å². The topological polar surface area (TPSA) is 103 Å². The fourth-order valence-electron chi connectivity index (χ4n) is 3.31. The Balaban J connectivity index is 1.64. The monoisotopic (exact) mass is 373 g/mol. The Kier molecular flexibility index (Phi) is 5.82. The second-order valence-corrected chi connectivity index (χ2v) is 6.79. The van der Waals surface area contributed by atoms with Gasteiger partial charge in [-0.25, -0.2) is 0 Å². The van der Waals surface area contributed by atoms with E-state index in [2.05, 4.69) is 29.2 Å². The molecule has 1 aliphatic rings. The summed E-state index contributed by atoms with van der Waals surface area (Å²) in [6.07, 6.45) is 1.76. The number of para-hydroxylation sites is 1. The van der Waals surface area contributed by atoms with Crippen molar-refractivity contribution in [2.75, 3.05) is 18.4 Å². The maximum absolute atomic E-state index is 12.3. The fraction of sp³-hybridized carbons (Fsp3) is 0.444. The lowest BCUT2D eigenvalue weighted by atomic mass is 10.1. The van der Waals surface area contributed by atoms with Crippen molar-refractivity contribution in [3.8, 4) is 0 Å². The molecule has 0 aliphatic carbocycles. The first-order valence-electron chi connectivity index (χ1n) is 8.84. The molecule has 2 unspecified atom stereocenters. The molecule has 1 N–H and O–H groups in total. The van der Waals surface area contributed by atoms with Gasteiger partial charge in [-0.05, 0) is 30.4 Å². The molecule has 1 aliphatic heterocycles. The van der Waals surface area contributed by atoms with E-state index >= 15 is 0 Å². The summed E-state index contributed by atoms with van der Waals surface area (Å²) in [6.45, 7) is 6.40. The van der Waals surface area contributed by atoms with Crippen molar-refractivity contribution in [1.82, 2.24) is 14.7 Å². The Hall–Kier alpha value is -2.78. The Morgan fingerprint density at radius 3 is 2.67 bits per heavy atom. The molecule has 27 heavy (non-hydrogen) atoms. The molecule has 0 saturated carbocycles. The minimum Gasteiger partial charge on any atom is -0.373 e. The normalized spacial score (nSPS) is 20.4. The number of aromatic nitrogens is 2. The minimum absolute atomic E-state index is 0.0895. The van der Waals surface area contributed by atoms with Crippen LogP contribution >= 0.6 is 0 Å². The number of carbonyl (C=O) groups excluding carboxylic acids is 1. The van der Waals surface area contributed by atoms with Gasteiger partial charge in [-0.3, -0.25) is 9.69 Å². The molecule has 1 fully saturated rings. The van der Waals surface area contributed by atoms with Gasteiger partial charge in [0.2, 0.25) is 5.91 Å². The number of morpholine rings is 1. The zero-order valence-corrected chi connectivity index (χ0v) is 15.4. The molecule has 1 saturated heterocycles. The number of nitrogens with zero attached hydrogens (tertiary/aromatic N) is 4. The molecule has 1 aromatic carbocycles. The number of nitrogens with one attached hydrogen (secondary N) is 1. The Morgan fingerprint density at radius 2 is 2.00 bits per heavy atom. The molecule has 0 bridgehead atoms. The van der Waals surface area contributed by atoms with Crippen molar-refractivity contribution in [3.05, 3.63) is 52.2 Å². The van der Waals surface area contributed by atoms with E-state index in [0.29, 0.717) is 6.54 Å². The molecular formula is C18H23N5O4. The average molecular weight is 373 g/mol. The number of benzene rings is 1. The molecule has 2 atom stereocenters. The third-order valence-corrected chi connectivity index (χ3v) is 4.30. The molecule has 0 spiro atoms. The van der Waals surface area contributed by atoms with E-state index in [0.717, 1.165) is 24.3 Å². The van der Waals surface area contributed by atoms with Crippen LogP contribution in [0.1, 0.15) is 19.4 Å². The second-order valence-electron chi connectivity index (χ2n) is 6.79. The van der Waals surface area contributed by atoms with E-state index in [4.69, 9.17) is 4.74 Å². The SMILES string of the molecule is CC1CN(Cc2ccccc2NC(=O)Cn2ccc([N+](=O)[O-])n2)CC(C)O1. The predicted molar refractivity (Wildman–Crippen MR) is 99.2 cm³/mol. The molecule has 9 nitrogen and oxygen atoms in total. The standard InChI is InChI=1S/C18H23N5O4/c1-13-9-21(10-14(2)27-13)11-15-5-3-4-6-16(15)19-18(24)12-22-8-7-17(20-22)23(25)26/h3-8,13-14H,9-12H2,1-2H3,(H,19,24). The lowest BCUT2D eigenvalue weighted by Gasteiger charge is -2.35. The van der Waals surface area contributed by atoms with Gasteiger partial charge in [-0.2, -0.15) is 4.68 Å². The molecule has 2 aromatic rings. The summed E-state index contributed by atoms with van der Waals surface area (Å²) in [5.74, 6) is -0.567. The fourth-order valence-corrected chi connectivity index (χ4v) is 3.31. The van der Waals surface area contributed by atoms with Gasteiger partial charge in [0.25, 0.3) is 0 Å². The highest BCUT2D eigenvalue weighted by Gasteiger charge is 2.23. The molecule has 3 rings (SSSR count). The molecule has 1 aromatic heterocycles. The van der Waals surface area contributed by atoms with Crippen molar-refractivity contribution in [2.24, 2.45) is 0 Å². The van der Waals surface area contributed by atoms with E-state index in [1.165, 1.54) is 16.9 Å². The summed E-state index contributed by atoms with van der Waals surface area (Å²) < 4.78 is 7.02. The largest absolute Gasteiger partial charge is 0.389 e. The Labute approximate surface area is 157 Å². The van der Waals surface area contributed by atoms with Crippen LogP contribution in [0.25, 0.3) is 0 Å². The van der Waals surface area contributed by atoms with Crippen LogP contribution in [0.4, 0.5) is 11.5 Å². The summed E-state index contributed by atoms with van der Waals surface area (Å²) in [5, 5.41) is 17.3.